The predicted octanol–water partition coefficient (Wildman–Crippen LogP) is 2.12. The summed E-state index contributed by atoms with van der Waals surface area (Å²) in [5, 5.41) is 8.92. The fourth-order valence-electron chi connectivity index (χ4n) is 4.78. The third-order valence-corrected chi connectivity index (χ3v) is 6.46. The Bertz CT molecular complexity index is 1190. The van der Waals surface area contributed by atoms with Crippen LogP contribution in [0.4, 0.5) is 24.9 Å². The topological polar surface area (TPSA) is 91.5 Å². The van der Waals surface area contributed by atoms with Crippen LogP contribution in [-0.2, 0) is 11.3 Å². The smallest absolute Gasteiger partial charge is 0.374 e. The molecule has 0 N–H and O–H groups in total. The first-order valence-electron chi connectivity index (χ1n) is 10.6. The molecule has 2 bridgehead atoms. The van der Waals surface area contributed by atoms with Gasteiger partial charge in [-0.1, -0.05) is 12.1 Å². The van der Waals surface area contributed by atoms with Gasteiger partial charge in [0.25, 0.3) is 5.56 Å². The summed E-state index contributed by atoms with van der Waals surface area (Å²) in [5.74, 6) is -0.409. The zero-order valence-electron chi connectivity index (χ0n) is 17.5. The number of ketones is 1. The van der Waals surface area contributed by atoms with Gasteiger partial charge in [-0.15, -0.1) is 0 Å². The number of rotatable bonds is 4. The van der Waals surface area contributed by atoms with Crippen molar-refractivity contribution in [1.82, 2.24) is 9.55 Å². The number of benzene rings is 1. The molecule has 2 saturated heterocycles. The van der Waals surface area contributed by atoms with E-state index in [1.807, 2.05) is 11.0 Å². The predicted molar refractivity (Wildman–Crippen MR) is 111 cm³/mol. The Balaban J connectivity index is 1.52. The van der Waals surface area contributed by atoms with Gasteiger partial charge in [0.15, 0.2) is 5.78 Å². The van der Waals surface area contributed by atoms with E-state index in [0.717, 1.165) is 11.3 Å². The van der Waals surface area contributed by atoms with E-state index in [1.165, 1.54) is 34.9 Å². The number of carbonyl (C=O) groups is 1. The van der Waals surface area contributed by atoms with Crippen molar-refractivity contribution in [3.63, 3.8) is 0 Å². The van der Waals surface area contributed by atoms with E-state index in [0.29, 0.717) is 24.5 Å². The SMILES string of the molecule is N#Cc1ccc(C(=O)CN2c3nc(N4C[C@@H]5C[C@H]4CO5)cc(=O)n3CCC2C(F)(F)F)cc1. The number of anilines is 2. The summed E-state index contributed by atoms with van der Waals surface area (Å²) < 4.78 is 48.6. The molecule has 0 aliphatic carbocycles. The molecule has 4 heterocycles. The van der Waals surface area contributed by atoms with E-state index in [9.17, 15) is 22.8 Å². The Kier molecular flexibility index (Phi) is 5.12. The molecule has 2 aromatic rings. The maximum Gasteiger partial charge on any atom is 0.408 e. The van der Waals surface area contributed by atoms with Gasteiger partial charge in [-0.25, -0.2) is 0 Å². The fraction of sp³-hybridized carbons (Fsp3) is 0.455. The molecule has 5 rings (SSSR count). The minimum Gasteiger partial charge on any atom is -0.374 e. The molecule has 0 amide bonds. The molecule has 1 unspecified atom stereocenters. The van der Waals surface area contributed by atoms with E-state index in [4.69, 9.17) is 10.00 Å². The molecule has 0 spiro atoms. The molecular formula is C22H20F3N5O3. The molecular weight excluding hydrogens is 439 g/mol. The van der Waals surface area contributed by atoms with Crippen molar-refractivity contribution >= 4 is 17.5 Å². The Labute approximate surface area is 186 Å². The van der Waals surface area contributed by atoms with Crippen LogP contribution >= 0.6 is 0 Å². The van der Waals surface area contributed by atoms with E-state index in [-0.39, 0.29) is 36.6 Å². The van der Waals surface area contributed by atoms with E-state index >= 15 is 0 Å². The monoisotopic (exact) mass is 459 g/mol. The Morgan fingerprint density at radius 3 is 2.64 bits per heavy atom. The van der Waals surface area contributed by atoms with Crippen LogP contribution in [0.1, 0.15) is 28.8 Å². The first-order chi connectivity index (χ1) is 15.7. The van der Waals surface area contributed by atoms with Crippen molar-refractivity contribution in [3.8, 4) is 6.07 Å². The summed E-state index contributed by atoms with van der Waals surface area (Å²) in [6, 6.07) is 7.05. The third-order valence-electron chi connectivity index (χ3n) is 6.46. The zero-order valence-corrected chi connectivity index (χ0v) is 17.5. The van der Waals surface area contributed by atoms with Crippen LogP contribution in [0.25, 0.3) is 0 Å². The molecule has 3 aliphatic heterocycles. The maximum atomic E-state index is 13.9. The molecule has 3 aliphatic rings. The highest BCUT2D eigenvalue weighted by molar-refractivity contribution is 5.99. The molecule has 8 nitrogen and oxygen atoms in total. The molecule has 0 saturated carbocycles. The van der Waals surface area contributed by atoms with Gasteiger partial charge in [0.1, 0.15) is 11.9 Å². The van der Waals surface area contributed by atoms with Crippen molar-refractivity contribution in [3.05, 3.63) is 51.8 Å². The number of carbonyl (C=O) groups excluding carboxylic acids is 1. The number of nitriles is 1. The Morgan fingerprint density at radius 1 is 1.27 bits per heavy atom. The van der Waals surface area contributed by atoms with Crippen LogP contribution in [0.2, 0.25) is 0 Å². The highest BCUT2D eigenvalue weighted by Crippen LogP contribution is 2.36. The minimum absolute atomic E-state index is 0.0209. The van der Waals surface area contributed by atoms with Gasteiger partial charge in [0, 0.05) is 24.7 Å². The van der Waals surface area contributed by atoms with Gasteiger partial charge in [-0.05, 0) is 25.0 Å². The van der Waals surface area contributed by atoms with Crippen LogP contribution in [0, 0.1) is 11.3 Å². The van der Waals surface area contributed by atoms with E-state index in [1.54, 1.807) is 0 Å². The summed E-state index contributed by atoms with van der Waals surface area (Å²) in [6.07, 6.45) is -4.16. The van der Waals surface area contributed by atoms with Crippen LogP contribution < -0.4 is 15.4 Å². The van der Waals surface area contributed by atoms with Crippen LogP contribution in [0.3, 0.4) is 0 Å². The number of halogens is 3. The lowest BCUT2D eigenvalue weighted by Crippen LogP contribution is -2.54. The van der Waals surface area contributed by atoms with Crippen molar-refractivity contribution < 1.29 is 22.7 Å². The number of alkyl halides is 3. The molecule has 1 aromatic heterocycles. The van der Waals surface area contributed by atoms with Gasteiger partial charge in [-0.3, -0.25) is 14.2 Å². The second kappa shape index (κ2) is 7.88. The highest BCUT2D eigenvalue weighted by atomic mass is 19.4. The lowest BCUT2D eigenvalue weighted by atomic mass is 10.1. The number of nitrogens with zero attached hydrogens (tertiary/aromatic N) is 5. The van der Waals surface area contributed by atoms with Gasteiger partial charge < -0.3 is 14.5 Å². The number of hydrogen-bond donors (Lipinski definition) is 0. The number of ether oxygens (including phenoxy) is 1. The van der Waals surface area contributed by atoms with Crippen LogP contribution in [-0.4, -0.2) is 59.4 Å². The second-order valence-electron chi connectivity index (χ2n) is 8.49. The lowest BCUT2D eigenvalue weighted by molar-refractivity contribution is -0.152. The van der Waals surface area contributed by atoms with E-state index in [2.05, 4.69) is 4.98 Å². The summed E-state index contributed by atoms with van der Waals surface area (Å²) in [6.45, 7) is 0.272. The van der Waals surface area contributed by atoms with Crippen molar-refractivity contribution in [2.45, 2.75) is 43.8 Å². The number of aromatic nitrogens is 2. The molecule has 3 atom stereocenters. The third kappa shape index (κ3) is 3.84. The number of fused-ring (bicyclic) bond motifs is 3. The average Bonchev–Trinajstić information content (AvgIpc) is 3.42. The number of Topliss-reactive ketones (excluding diaryl/α,β-unsaturated/α-hetero) is 1. The summed E-state index contributed by atoms with van der Waals surface area (Å²) in [7, 11) is 0. The largest absolute Gasteiger partial charge is 0.408 e. The first kappa shape index (κ1) is 21.5. The van der Waals surface area contributed by atoms with Crippen molar-refractivity contribution in [2.75, 3.05) is 29.5 Å². The van der Waals surface area contributed by atoms with E-state index < -0.39 is 30.1 Å². The molecule has 2 fully saturated rings. The van der Waals surface area contributed by atoms with Crippen LogP contribution in [0.5, 0.6) is 0 Å². The average molecular weight is 459 g/mol. The Morgan fingerprint density at radius 2 is 2.03 bits per heavy atom. The highest BCUT2D eigenvalue weighted by Gasteiger charge is 2.48. The summed E-state index contributed by atoms with van der Waals surface area (Å²) in [5.41, 5.74) is 0.0690. The second-order valence-corrected chi connectivity index (χ2v) is 8.49. The van der Waals surface area contributed by atoms with Crippen molar-refractivity contribution in [2.24, 2.45) is 0 Å². The lowest BCUT2D eigenvalue weighted by Gasteiger charge is -2.39. The zero-order chi connectivity index (χ0) is 23.3. The van der Waals surface area contributed by atoms with Crippen molar-refractivity contribution in [1.29, 1.82) is 5.26 Å². The Hall–Kier alpha value is -3.39. The van der Waals surface area contributed by atoms with Gasteiger partial charge in [0.2, 0.25) is 5.95 Å². The number of hydrogen-bond acceptors (Lipinski definition) is 7. The van der Waals surface area contributed by atoms with Crippen LogP contribution in [0.15, 0.2) is 35.1 Å². The summed E-state index contributed by atoms with van der Waals surface area (Å²) >= 11 is 0. The van der Waals surface area contributed by atoms with Gasteiger partial charge >= 0.3 is 6.18 Å². The number of morpholine rings is 1. The first-order valence-corrected chi connectivity index (χ1v) is 10.6. The maximum absolute atomic E-state index is 13.9. The molecule has 0 radical (unpaired) electrons. The minimum atomic E-state index is -4.61. The summed E-state index contributed by atoms with van der Waals surface area (Å²) in [4.78, 5) is 33.0. The molecule has 172 valence electrons. The standard InChI is InChI=1S/C22H20F3N5O3/c23-22(24,25)18-5-6-28-20(32)8-19(29-10-16-7-15(29)12-33-16)27-21(28)30(18)11-17(31)14-3-1-13(9-26)2-4-14/h1-4,8,15-16,18H,5-7,10-12H2/t15-,16-,18?/m0/s1. The normalized spacial score (nSPS) is 24.0. The molecule has 11 heteroatoms. The molecule has 33 heavy (non-hydrogen) atoms. The molecule has 1 aromatic carbocycles. The van der Waals surface area contributed by atoms with Gasteiger partial charge in [-0.2, -0.15) is 23.4 Å². The van der Waals surface area contributed by atoms with Gasteiger partial charge in [0.05, 0.1) is 36.9 Å². The quantitative estimate of drug-likeness (QED) is 0.647. The fourth-order valence-corrected chi connectivity index (χ4v) is 4.78.